The van der Waals surface area contributed by atoms with Crippen molar-refractivity contribution in [3.05, 3.63) is 106 Å². The summed E-state index contributed by atoms with van der Waals surface area (Å²) in [7, 11) is 1.82. The standard InChI is InChI=1S/C26H20F3N4O2P/c1-14-18(23(28)24(29)25(36)22(14)27)12-21(34)32-26-19(11-15-5-3-2-4-6-15)31-20(13-30-26)16-7-9-17(33-35)10-8-16/h2-10,13H,11-12,36H2,1H3,(H,30,32,34). The number of carbonyl (C=O) groups is 1. The SMILES string of the molecule is Cc1c(F)c(P)c(F)c(F)c1CC(=O)Nc1ncc(-c2ccc(N=O)cc2)nc1Cc1ccccc1. The van der Waals surface area contributed by atoms with Gasteiger partial charge in [-0.05, 0) is 35.4 Å². The third-order valence-corrected chi connectivity index (χ3v) is 6.14. The van der Waals surface area contributed by atoms with E-state index in [-0.39, 0.29) is 22.6 Å². The monoisotopic (exact) mass is 508 g/mol. The minimum Gasteiger partial charge on any atom is -0.309 e. The minimum absolute atomic E-state index is 0.139. The zero-order chi connectivity index (χ0) is 25.8. The summed E-state index contributed by atoms with van der Waals surface area (Å²) < 4.78 is 42.8. The molecule has 0 spiro atoms. The van der Waals surface area contributed by atoms with Gasteiger partial charge in [0.1, 0.15) is 11.5 Å². The molecule has 4 aromatic rings. The van der Waals surface area contributed by atoms with E-state index in [1.165, 1.54) is 13.1 Å². The Morgan fingerprint density at radius 1 is 1.00 bits per heavy atom. The molecule has 0 saturated carbocycles. The smallest absolute Gasteiger partial charge is 0.230 e. The van der Waals surface area contributed by atoms with E-state index in [1.54, 1.807) is 24.3 Å². The maximum Gasteiger partial charge on any atom is 0.230 e. The molecule has 0 bridgehead atoms. The first-order chi connectivity index (χ1) is 17.3. The van der Waals surface area contributed by atoms with Gasteiger partial charge in [0.15, 0.2) is 17.5 Å². The molecular weight excluding hydrogens is 488 g/mol. The van der Waals surface area contributed by atoms with Crippen LogP contribution in [0.5, 0.6) is 0 Å². The summed E-state index contributed by atoms with van der Waals surface area (Å²) in [5.74, 6) is -4.11. The number of amides is 1. The second-order valence-electron chi connectivity index (χ2n) is 8.04. The van der Waals surface area contributed by atoms with Crippen LogP contribution in [0, 0.1) is 29.3 Å². The molecule has 1 amide bonds. The van der Waals surface area contributed by atoms with E-state index in [9.17, 15) is 22.9 Å². The quantitative estimate of drug-likeness (QED) is 0.202. The van der Waals surface area contributed by atoms with Crippen molar-refractivity contribution in [1.82, 2.24) is 9.97 Å². The summed E-state index contributed by atoms with van der Waals surface area (Å²) in [5, 5.41) is 4.96. The highest BCUT2D eigenvalue weighted by Crippen LogP contribution is 2.25. The Balaban J connectivity index is 1.66. The van der Waals surface area contributed by atoms with Gasteiger partial charge in [0.2, 0.25) is 5.91 Å². The third kappa shape index (κ3) is 5.31. The number of hydrogen-bond donors (Lipinski definition) is 1. The zero-order valence-electron chi connectivity index (χ0n) is 19.1. The molecule has 36 heavy (non-hydrogen) atoms. The van der Waals surface area contributed by atoms with Crippen molar-refractivity contribution < 1.29 is 18.0 Å². The fraction of sp³-hybridized carbons (Fsp3) is 0.115. The highest BCUT2D eigenvalue weighted by atomic mass is 31.0. The summed E-state index contributed by atoms with van der Waals surface area (Å²) in [5.41, 5.74) is 2.27. The lowest BCUT2D eigenvalue weighted by atomic mass is 10.0. The average Bonchev–Trinajstić information content (AvgIpc) is 2.90. The van der Waals surface area contributed by atoms with Gasteiger partial charge in [-0.15, -0.1) is 4.91 Å². The molecule has 3 aromatic carbocycles. The number of hydrogen-bond acceptors (Lipinski definition) is 5. The van der Waals surface area contributed by atoms with Crippen LogP contribution >= 0.6 is 9.24 Å². The fourth-order valence-corrected chi connectivity index (χ4v) is 4.01. The fourth-order valence-electron chi connectivity index (χ4n) is 3.67. The van der Waals surface area contributed by atoms with Gasteiger partial charge in [0, 0.05) is 22.9 Å². The highest BCUT2D eigenvalue weighted by Gasteiger charge is 2.23. The minimum atomic E-state index is -1.35. The van der Waals surface area contributed by atoms with Crippen molar-refractivity contribution in [2.24, 2.45) is 5.18 Å². The molecular formula is C26H20F3N4O2P. The topological polar surface area (TPSA) is 84.3 Å². The second kappa shape index (κ2) is 10.7. The molecule has 182 valence electrons. The number of rotatable bonds is 7. The molecule has 10 heteroatoms. The molecule has 1 atom stereocenters. The number of halogens is 3. The van der Waals surface area contributed by atoms with Crippen molar-refractivity contribution in [3.63, 3.8) is 0 Å². The summed E-state index contributed by atoms with van der Waals surface area (Å²) in [4.78, 5) is 32.5. The zero-order valence-corrected chi connectivity index (χ0v) is 20.2. The van der Waals surface area contributed by atoms with Gasteiger partial charge in [0.25, 0.3) is 0 Å². The largest absolute Gasteiger partial charge is 0.309 e. The first-order valence-electron chi connectivity index (χ1n) is 10.8. The number of aromatic nitrogens is 2. The maximum absolute atomic E-state index is 14.5. The Kier molecular flexibility index (Phi) is 7.50. The van der Waals surface area contributed by atoms with Gasteiger partial charge in [-0.2, -0.15) is 0 Å². The second-order valence-corrected chi connectivity index (χ2v) is 8.61. The maximum atomic E-state index is 14.5. The number of benzene rings is 3. The summed E-state index contributed by atoms with van der Waals surface area (Å²) in [6.07, 6.45) is 1.18. The van der Waals surface area contributed by atoms with Crippen LogP contribution in [0.3, 0.4) is 0 Å². The molecule has 0 aliphatic carbocycles. The number of anilines is 1. The average molecular weight is 508 g/mol. The van der Waals surface area contributed by atoms with E-state index in [2.05, 4.69) is 20.5 Å². The van der Waals surface area contributed by atoms with Gasteiger partial charge in [-0.1, -0.05) is 51.7 Å². The summed E-state index contributed by atoms with van der Waals surface area (Å²) >= 11 is 0. The van der Waals surface area contributed by atoms with Crippen molar-refractivity contribution in [2.45, 2.75) is 19.8 Å². The number of carbonyl (C=O) groups excluding carboxylic acids is 1. The Morgan fingerprint density at radius 3 is 2.36 bits per heavy atom. The Bertz CT molecular complexity index is 1420. The van der Waals surface area contributed by atoms with Crippen molar-refractivity contribution in [3.8, 4) is 11.3 Å². The number of nitrogens with zero attached hydrogens (tertiary/aromatic N) is 3. The molecule has 1 heterocycles. The Morgan fingerprint density at radius 2 is 1.69 bits per heavy atom. The van der Waals surface area contributed by atoms with Gasteiger partial charge in [-0.3, -0.25) is 4.79 Å². The predicted octanol–water partition coefficient (Wildman–Crippen LogP) is 5.54. The first kappa shape index (κ1) is 25.1. The van der Waals surface area contributed by atoms with Crippen molar-refractivity contribution in [1.29, 1.82) is 0 Å². The van der Waals surface area contributed by atoms with Crippen LogP contribution in [-0.2, 0) is 17.6 Å². The molecule has 0 aliphatic heterocycles. The molecule has 0 fully saturated rings. The van der Waals surface area contributed by atoms with Gasteiger partial charge >= 0.3 is 0 Å². The van der Waals surface area contributed by atoms with E-state index >= 15 is 0 Å². The lowest BCUT2D eigenvalue weighted by molar-refractivity contribution is -0.115. The molecule has 1 N–H and O–H groups in total. The van der Waals surface area contributed by atoms with Gasteiger partial charge in [-0.25, -0.2) is 23.1 Å². The van der Waals surface area contributed by atoms with Crippen molar-refractivity contribution >= 4 is 32.0 Å². The van der Waals surface area contributed by atoms with Crippen LogP contribution in [0.15, 0.2) is 66.0 Å². The van der Waals surface area contributed by atoms with Crippen LogP contribution in [0.25, 0.3) is 11.3 Å². The Labute approximate surface area is 207 Å². The predicted molar refractivity (Wildman–Crippen MR) is 135 cm³/mol. The van der Waals surface area contributed by atoms with E-state index in [0.717, 1.165) is 5.56 Å². The molecule has 1 unspecified atom stereocenters. The van der Waals surface area contributed by atoms with Gasteiger partial charge < -0.3 is 5.32 Å². The van der Waals surface area contributed by atoms with Crippen LogP contribution in [-0.4, -0.2) is 15.9 Å². The molecule has 0 saturated heterocycles. The number of nitrogens with one attached hydrogen (secondary N) is 1. The van der Waals surface area contributed by atoms with Crippen LogP contribution in [0.2, 0.25) is 0 Å². The van der Waals surface area contributed by atoms with E-state index in [0.29, 0.717) is 23.4 Å². The van der Waals surface area contributed by atoms with Crippen LogP contribution in [0.4, 0.5) is 24.7 Å². The number of nitroso groups, excluding NO2 is 1. The molecule has 1 aromatic heterocycles. The third-order valence-electron chi connectivity index (χ3n) is 5.64. The molecule has 6 nitrogen and oxygen atoms in total. The lowest BCUT2D eigenvalue weighted by Crippen LogP contribution is -2.21. The van der Waals surface area contributed by atoms with Gasteiger partial charge in [0.05, 0.1) is 24.0 Å². The Hall–Kier alpha value is -3.97. The molecule has 0 radical (unpaired) electrons. The lowest BCUT2D eigenvalue weighted by Gasteiger charge is -2.14. The van der Waals surface area contributed by atoms with Crippen molar-refractivity contribution in [2.75, 3.05) is 5.32 Å². The normalized spacial score (nSPS) is 10.8. The van der Waals surface area contributed by atoms with E-state index in [4.69, 9.17) is 0 Å². The first-order valence-corrected chi connectivity index (χ1v) is 11.4. The van der Waals surface area contributed by atoms with Crippen LogP contribution < -0.4 is 10.6 Å². The van der Waals surface area contributed by atoms with E-state index < -0.39 is 35.1 Å². The summed E-state index contributed by atoms with van der Waals surface area (Å²) in [6.45, 7) is 1.29. The molecule has 0 aliphatic rings. The van der Waals surface area contributed by atoms with Crippen LogP contribution in [0.1, 0.15) is 22.4 Å². The molecule has 4 rings (SSSR count). The summed E-state index contributed by atoms with van der Waals surface area (Å²) in [6, 6.07) is 15.8. The van der Waals surface area contributed by atoms with E-state index in [1.807, 2.05) is 39.6 Å². The highest BCUT2D eigenvalue weighted by molar-refractivity contribution is 7.27.